The van der Waals surface area contributed by atoms with E-state index in [1.54, 1.807) is 6.07 Å². The van der Waals surface area contributed by atoms with Crippen LogP contribution >= 0.6 is 0 Å². The second-order valence-corrected chi connectivity index (χ2v) is 7.88. The predicted molar refractivity (Wildman–Crippen MR) is 113 cm³/mol. The third-order valence-electron chi connectivity index (χ3n) is 5.93. The van der Waals surface area contributed by atoms with E-state index in [0.717, 1.165) is 36.1 Å². The van der Waals surface area contributed by atoms with Crippen molar-refractivity contribution in [1.29, 1.82) is 0 Å². The van der Waals surface area contributed by atoms with Crippen LogP contribution in [0, 0.1) is 5.82 Å². The zero-order valence-corrected chi connectivity index (χ0v) is 17.3. The number of carbonyl (C=O) groups excluding carboxylic acids is 1. The average molecular weight is 413 g/mol. The Morgan fingerprint density at radius 3 is 2.90 bits per heavy atom. The van der Waals surface area contributed by atoms with Gasteiger partial charge in [-0.1, -0.05) is 24.3 Å². The molecule has 1 N–H and O–H groups in total. The number of amides is 1. The van der Waals surface area contributed by atoms with Crippen LogP contribution in [0.2, 0.25) is 0 Å². The summed E-state index contributed by atoms with van der Waals surface area (Å²) in [5, 5.41) is 8.22. The first-order valence-corrected chi connectivity index (χ1v) is 10.7. The van der Waals surface area contributed by atoms with Gasteiger partial charge in [0.05, 0.1) is 19.8 Å². The van der Waals surface area contributed by atoms with Gasteiger partial charge >= 0.3 is 0 Å². The number of morpholine rings is 1. The van der Waals surface area contributed by atoms with E-state index in [-0.39, 0.29) is 17.8 Å². The van der Waals surface area contributed by atoms with Crippen LogP contribution in [0.1, 0.15) is 33.7 Å². The van der Waals surface area contributed by atoms with E-state index in [1.165, 1.54) is 6.07 Å². The van der Waals surface area contributed by atoms with Gasteiger partial charge in [0.1, 0.15) is 5.82 Å². The number of hydrogen-bond donors (Lipinski definition) is 1. The molecule has 1 aliphatic carbocycles. The van der Waals surface area contributed by atoms with Crippen molar-refractivity contribution in [2.45, 2.75) is 38.3 Å². The van der Waals surface area contributed by atoms with Crippen LogP contribution in [-0.4, -0.2) is 59.5 Å². The molecule has 0 bridgehead atoms. The molecular weight excluding hydrogens is 383 g/mol. The summed E-state index contributed by atoms with van der Waals surface area (Å²) in [6.07, 6.45) is 5.05. The molecule has 2 aliphatic rings. The van der Waals surface area contributed by atoms with Gasteiger partial charge in [-0.25, -0.2) is 4.39 Å². The molecule has 0 saturated carbocycles. The van der Waals surface area contributed by atoms with Gasteiger partial charge in [-0.2, -0.15) is 5.10 Å². The first-order chi connectivity index (χ1) is 14.7. The number of fused-ring (bicyclic) bond motifs is 1. The molecule has 7 heteroatoms. The highest BCUT2D eigenvalue weighted by Gasteiger charge is 2.31. The number of ether oxygens (including phenoxy) is 1. The lowest BCUT2D eigenvalue weighted by Gasteiger charge is -2.28. The maximum absolute atomic E-state index is 13.8. The summed E-state index contributed by atoms with van der Waals surface area (Å²) in [4.78, 5) is 15.0. The smallest absolute Gasteiger partial charge is 0.274 e. The Balaban J connectivity index is 1.46. The predicted octanol–water partition coefficient (Wildman–Crippen LogP) is 2.37. The zero-order chi connectivity index (χ0) is 20.9. The molecule has 30 heavy (non-hydrogen) atoms. The molecule has 1 saturated heterocycles. The van der Waals surface area contributed by atoms with Crippen molar-refractivity contribution in [2.75, 3.05) is 32.8 Å². The van der Waals surface area contributed by atoms with E-state index in [1.807, 2.05) is 27.8 Å². The Hall–Kier alpha value is -2.51. The fourth-order valence-electron chi connectivity index (χ4n) is 4.34. The lowest BCUT2D eigenvalue weighted by molar-refractivity contribution is 0.0297. The standard InChI is InChI=1S/C23H29FN4O2/c1-2-11-28-21-8-7-18(25-10-9-17-5-3-4-6-20(17)24)16-19(21)22(26-28)23(29)27-12-14-30-15-13-27/h2-6,18,25H,1,7-16H2/t18-/m1/s1. The normalized spacial score (nSPS) is 18.8. The van der Waals surface area contributed by atoms with Gasteiger partial charge in [0.15, 0.2) is 5.69 Å². The molecule has 6 nitrogen and oxygen atoms in total. The van der Waals surface area contributed by atoms with Crippen molar-refractivity contribution in [2.24, 2.45) is 0 Å². The van der Waals surface area contributed by atoms with Crippen molar-refractivity contribution in [3.8, 4) is 0 Å². The SMILES string of the molecule is C=CCn1nc(C(=O)N2CCOCC2)c2c1CC[C@@H](NCCc1ccccc1F)C2. The number of carbonyl (C=O) groups is 1. The maximum atomic E-state index is 13.8. The number of allylic oxidation sites excluding steroid dienone is 1. The van der Waals surface area contributed by atoms with Crippen molar-refractivity contribution < 1.29 is 13.9 Å². The first kappa shape index (κ1) is 20.8. The van der Waals surface area contributed by atoms with E-state index in [9.17, 15) is 9.18 Å². The topological polar surface area (TPSA) is 59.4 Å². The van der Waals surface area contributed by atoms with E-state index < -0.39 is 0 Å². The summed E-state index contributed by atoms with van der Waals surface area (Å²) >= 11 is 0. The minimum absolute atomic E-state index is 0.00984. The molecule has 1 aliphatic heterocycles. The number of halogens is 1. The number of aromatic nitrogens is 2. The molecule has 1 aromatic carbocycles. The molecule has 2 heterocycles. The summed E-state index contributed by atoms with van der Waals surface area (Å²) in [5.41, 5.74) is 3.47. The van der Waals surface area contributed by atoms with Gasteiger partial charge in [0.25, 0.3) is 5.91 Å². The number of nitrogens with one attached hydrogen (secondary N) is 1. The lowest BCUT2D eigenvalue weighted by Crippen LogP contribution is -2.42. The van der Waals surface area contributed by atoms with Crippen molar-refractivity contribution >= 4 is 5.91 Å². The molecular formula is C23H29FN4O2. The Morgan fingerprint density at radius 1 is 1.33 bits per heavy atom. The summed E-state index contributed by atoms with van der Waals surface area (Å²) in [6, 6.07) is 7.15. The fraction of sp³-hybridized carbons (Fsp3) is 0.478. The third kappa shape index (κ3) is 4.47. The molecule has 2 aromatic rings. The average Bonchev–Trinajstić information content (AvgIpc) is 3.13. The minimum atomic E-state index is -0.158. The molecule has 4 rings (SSSR count). The molecule has 1 amide bonds. The Bertz CT molecular complexity index is 905. The van der Waals surface area contributed by atoms with Crippen LogP contribution in [0.15, 0.2) is 36.9 Å². The zero-order valence-electron chi connectivity index (χ0n) is 17.3. The molecule has 0 radical (unpaired) electrons. The largest absolute Gasteiger partial charge is 0.378 e. The first-order valence-electron chi connectivity index (χ1n) is 10.7. The Labute approximate surface area is 176 Å². The molecule has 1 atom stereocenters. The van der Waals surface area contributed by atoms with E-state index in [4.69, 9.17) is 4.74 Å². The van der Waals surface area contributed by atoms with Crippen LogP contribution in [0.25, 0.3) is 0 Å². The van der Waals surface area contributed by atoms with Gasteiger partial charge in [-0.3, -0.25) is 9.48 Å². The monoisotopic (exact) mass is 412 g/mol. The van der Waals surface area contributed by atoms with Crippen LogP contribution in [-0.2, 0) is 30.5 Å². The van der Waals surface area contributed by atoms with Crippen molar-refractivity contribution in [3.05, 3.63) is 65.3 Å². The molecule has 0 unspecified atom stereocenters. The van der Waals surface area contributed by atoms with Gasteiger partial charge in [0, 0.05) is 30.4 Å². The summed E-state index contributed by atoms with van der Waals surface area (Å²) < 4.78 is 21.1. The minimum Gasteiger partial charge on any atom is -0.378 e. The van der Waals surface area contributed by atoms with E-state index in [0.29, 0.717) is 51.5 Å². The second-order valence-electron chi connectivity index (χ2n) is 7.88. The highest BCUT2D eigenvalue weighted by molar-refractivity contribution is 5.94. The van der Waals surface area contributed by atoms with Crippen LogP contribution in [0.3, 0.4) is 0 Å². The van der Waals surface area contributed by atoms with E-state index in [2.05, 4.69) is 17.0 Å². The number of rotatable bonds is 7. The molecule has 1 aromatic heterocycles. The van der Waals surface area contributed by atoms with Gasteiger partial charge in [-0.05, 0) is 43.9 Å². The summed E-state index contributed by atoms with van der Waals surface area (Å²) in [6.45, 7) is 7.48. The van der Waals surface area contributed by atoms with Crippen molar-refractivity contribution in [3.63, 3.8) is 0 Å². The molecule has 1 fully saturated rings. The summed E-state index contributed by atoms with van der Waals surface area (Å²) in [5.74, 6) is -0.168. The molecule has 0 spiro atoms. The highest BCUT2D eigenvalue weighted by atomic mass is 19.1. The Morgan fingerprint density at radius 2 is 2.13 bits per heavy atom. The number of nitrogens with zero attached hydrogens (tertiary/aromatic N) is 3. The third-order valence-corrected chi connectivity index (χ3v) is 5.93. The Kier molecular flexibility index (Phi) is 6.59. The van der Waals surface area contributed by atoms with Crippen LogP contribution in [0.5, 0.6) is 0 Å². The maximum Gasteiger partial charge on any atom is 0.274 e. The lowest BCUT2D eigenvalue weighted by atomic mass is 9.91. The van der Waals surface area contributed by atoms with E-state index >= 15 is 0 Å². The fourth-order valence-corrected chi connectivity index (χ4v) is 4.34. The quantitative estimate of drug-likeness (QED) is 0.710. The van der Waals surface area contributed by atoms with Crippen molar-refractivity contribution in [1.82, 2.24) is 20.0 Å². The number of benzene rings is 1. The summed E-state index contributed by atoms with van der Waals surface area (Å²) in [7, 11) is 0. The van der Waals surface area contributed by atoms with Crippen LogP contribution < -0.4 is 5.32 Å². The van der Waals surface area contributed by atoms with Gasteiger partial charge < -0.3 is 15.0 Å². The number of hydrogen-bond acceptors (Lipinski definition) is 4. The van der Waals surface area contributed by atoms with Gasteiger partial charge in [0.2, 0.25) is 0 Å². The second kappa shape index (κ2) is 9.53. The highest BCUT2D eigenvalue weighted by Crippen LogP contribution is 2.26. The molecule has 160 valence electrons. The van der Waals surface area contributed by atoms with Crippen LogP contribution in [0.4, 0.5) is 4.39 Å². The van der Waals surface area contributed by atoms with Gasteiger partial charge in [-0.15, -0.1) is 6.58 Å².